The normalized spacial score (nSPS) is 22.8. The van der Waals surface area contributed by atoms with E-state index in [-0.39, 0.29) is 17.3 Å². The third-order valence-corrected chi connectivity index (χ3v) is 5.87. The Kier molecular flexibility index (Phi) is 5.38. The molecule has 0 amide bonds. The molecule has 1 aliphatic rings. The quantitative estimate of drug-likeness (QED) is 0.419. The highest BCUT2D eigenvalue weighted by Gasteiger charge is 2.30. The molecule has 0 radical (unpaired) electrons. The number of amidine groups is 1. The van der Waals surface area contributed by atoms with Crippen LogP contribution in [0.25, 0.3) is 0 Å². The molecule has 1 rings (SSSR count). The summed E-state index contributed by atoms with van der Waals surface area (Å²) in [6.07, 6.45) is 3.69. The fourth-order valence-corrected chi connectivity index (χ4v) is 4.17. The van der Waals surface area contributed by atoms with Crippen LogP contribution in [0.5, 0.6) is 0 Å². The highest BCUT2D eigenvalue weighted by molar-refractivity contribution is 7.91. The van der Waals surface area contributed by atoms with Gasteiger partial charge in [0.2, 0.25) is 0 Å². The van der Waals surface area contributed by atoms with Crippen molar-refractivity contribution in [3.05, 3.63) is 0 Å². The number of nitrogens with zero attached hydrogens (tertiary/aromatic N) is 1. The fraction of sp³-hybridized carbons (Fsp3) is 0.923. The Morgan fingerprint density at radius 3 is 2.53 bits per heavy atom. The van der Waals surface area contributed by atoms with Crippen LogP contribution in [-0.4, -0.2) is 50.3 Å². The van der Waals surface area contributed by atoms with E-state index in [1.165, 1.54) is 0 Å². The van der Waals surface area contributed by atoms with Crippen LogP contribution in [0.15, 0.2) is 0 Å². The zero-order valence-corrected chi connectivity index (χ0v) is 13.1. The van der Waals surface area contributed by atoms with Crippen molar-refractivity contribution in [2.45, 2.75) is 45.6 Å². The Bertz CT molecular complexity index is 418. The van der Waals surface area contributed by atoms with Crippen molar-refractivity contribution in [2.75, 3.05) is 25.1 Å². The molecule has 1 aliphatic heterocycles. The Hall–Kier alpha value is -0.620. The molecule has 0 bridgehead atoms. The number of hydrogen-bond donors (Lipinski definition) is 2. The van der Waals surface area contributed by atoms with E-state index >= 15 is 0 Å². The average molecular weight is 289 g/mol. The molecule has 0 aromatic heterocycles. The standard InChI is InChI=1S/C13H27N3O2S/c1-13(2,12(14)15)7-4-5-8-16(3)11-6-9-19(17,18)10-11/h11H,4-10H2,1-3H3,(H3,14,15). The minimum Gasteiger partial charge on any atom is -0.387 e. The lowest BCUT2D eigenvalue weighted by molar-refractivity contribution is 0.252. The monoisotopic (exact) mass is 289 g/mol. The summed E-state index contributed by atoms with van der Waals surface area (Å²) in [5.41, 5.74) is 5.32. The van der Waals surface area contributed by atoms with Crippen LogP contribution in [0, 0.1) is 10.8 Å². The minimum absolute atomic E-state index is 0.186. The molecule has 1 saturated heterocycles. The third-order valence-electron chi connectivity index (χ3n) is 4.12. The maximum absolute atomic E-state index is 11.4. The average Bonchev–Trinajstić information content (AvgIpc) is 2.64. The van der Waals surface area contributed by atoms with Crippen molar-refractivity contribution in [3.8, 4) is 0 Å². The van der Waals surface area contributed by atoms with Crippen LogP contribution < -0.4 is 5.73 Å². The first kappa shape index (κ1) is 16.4. The SMILES string of the molecule is CN(CCCCC(C)(C)C(=N)N)C1CCS(=O)(=O)C1. The molecule has 3 N–H and O–H groups in total. The van der Waals surface area contributed by atoms with Gasteiger partial charge in [-0.05, 0) is 32.9 Å². The largest absolute Gasteiger partial charge is 0.387 e. The van der Waals surface area contributed by atoms with Crippen LogP contribution >= 0.6 is 0 Å². The van der Waals surface area contributed by atoms with Crippen molar-refractivity contribution >= 4 is 15.7 Å². The lowest BCUT2D eigenvalue weighted by Crippen LogP contribution is -2.34. The number of rotatable bonds is 7. The van der Waals surface area contributed by atoms with Crippen LogP contribution in [0.3, 0.4) is 0 Å². The summed E-state index contributed by atoms with van der Waals surface area (Å²) < 4.78 is 22.8. The summed E-state index contributed by atoms with van der Waals surface area (Å²) in [4.78, 5) is 2.16. The molecule has 19 heavy (non-hydrogen) atoms. The lowest BCUT2D eigenvalue weighted by atomic mass is 9.86. The van der Waals surface area contributed by atoms with E-state index in [2.05, 4.69) is 4.90 Å². The van der Waals surface area contributed by atoms with Crippen LogP contribution in [0.1, 0.15) is 39.5 Å². The van der Waals surface area contributed by atoms with Gasteiger partial charge in [-0.3, -0.25) is 5.41 Å². The second-order valence-corrected chi connectivity index (χ2v) is 8.52. The van der Waals surface area contributed by atoms with Gasteiger partial charge in [0.05, 0.1) is 17.3 Å². The van der Waals surface area contributed by atoms with Gasteiger partial charge in [-0.25, -0.2) is 8.42 Å². The van der Waals surface area contributed by atoms with E-state index in [1.807, 2.05) is 20.9 Å². The number of nitrogens with one attached hydrogen (secondary N) is 1. The molecular weight excluding hydrogens is 262 g/mol. The first-order valence-electron chi connectivity index (χ1n) is 6.89. The Balaban J connectivity index is 2.25. The number of sulfone groups is 1. The molecule has 0 aliphatic carbocycles. The molecule has 112 valence electrons. The molecule has 1 atom stereocenters. The van der Waals surface area contributed by atoms with Crippen molar-refractivity contribution in [3.63, 3.8) is 0 Å². The summed E-state index contributed by atoms with van der Waals surface area (Å²) >= 11 is 0. The Morgan fingerprint density at radius 1 is 1.42 bits per heavy atom. The van der Waals surface area contributed by atoms with Gasteiger partial charge in [-0.1, -0.05) is 20.3 Å². The number of nitrogens with two attached hydrogens (primary N) is 1. The van der Waals surface area contributed by atoms with Gasteiger partial charge in [0.1, 0.15) is 0 Å². The molecule has 6 heteroatoms. The van der Waals surface area contributed by atoms with Gasteiger partial charge in [-0.15, -0.1) is 0 Å². The Morgan fingerprint density at radius 2 is 2.05 bits per heavy atom. The first-order chi connectivity index (χ1) is 8.64. The summed E-state index contributed by atoms with van der Waals surface area (Å²) in [7, 11) is -0.790. The topological polar surface area (TPSA) is 87.2 Å². The predicted octanol–water partition coefficient (Wildman–Crippen LogP) is 1.24. The molecule has 1 fully saturated rings. The van der Waals surface area contributed by atoms with Crippen molar-refractivity contribution in [1.29, 1.82) is 5.41 Å². The molecular formula is C13H27N3O2S. The van der Waals surface area contributed by atoms with Crippen molar-refractivity contribution in [1.82, 2.24) is 4.90 Å². The minimum atomic E-state index is -2.79. The fourth-order valence-electron chi connectivity index (χ4n) is 2.37. The van der Waals surface area contributed by atoms with Crippen molar-refractivity contribution < 1.29 is 8.42 Å². The maximum atomic E-state index is 11.4. The molecule has 0 aromatic rings. The van der Waals surface area contributed by atoms with Crippen molar-refractivity contribution in [2.24, 2.45) is 11.1 Å². The predicted molar refractivity (Wildman–Crippen MR) is 79.2 cm³/mol. The molecule has 1 unspecified atom stereocenters. The maximum Gasteiger partial charge on any atom is 0.151 e. The molecule has 0 saturated carbocycles. The molecule has 5 nitrogen and oxygen atoms in total. The second-order valence-electron chi connectivity index (χ2n) is 6.29. The summed E-state index contributed by atoms with van der Waals surface area (Å²) in [5, 5.41) is 7.50. The molecule has 0 aromatic carbocycles. The highest BCUT2D eigenvalue weighted by atomic mass is 32.2. The van der Waals surface area contributed by atoms with Gasteiger partial charge in [0.15, 0.2) is 9.84 Å². The lowest BCUT2D eigenvalue weighted by Gasteiger charge is -2.25. The van der Waals surface area contributed by atoms with Gasteiger partial charge in [0.25, 0.3) is 0 Å². The first-order valence-corrected chi connectivity index (χ1v) is 8.71. The number of hydrogen-bond acceptors (Lipinski definition) is 4. The van der Waals surface area contributed by atoms with Crippen LogP contribution in [-0.2, 0) is 9.84 Å². The second kappa shape index (κ2) is 6.22. The van der Waals surface area contributed by atoms with E-state index < -0.39 is 9.84 Å². The van der Waals surface area contributed by atoms with E-state index in [0.717, 1.165) is 32.2 Å². The highest BCUT2D eigenvalue weighted by Crippen LogP contribution is 2.23. The summed E-state index contributed by atoms with van der Waals surface area (Å²) in [6, 6.07) is 0.186. The van der Waals surface area contributed by atoms with Gasteiger partial charge in [0, 0.05) is 11.5 Å². The molecule has 1 heterocycles. The van der Waals surface area contributed by atoms with E-state index in [4.69, 9.17) is 11.1 Å². The zero-order valence-electron chi connectivity index (χ0n) is 12.3. The van der Waals surface area contributed by atoms with E-state index in [0.29, 0.717) is 11.5 Å². The number of unbranched alkanes of at least 4 members (excludes halogenated alkanes) is 1. The van der Waals surface area contributed by atoms with Gasteiger partial charge in [-0.2, -0.15) is 0 Å². The van der Waals surface area contributed by atoms with E-state index in [1.54, 1.807) is 0 Å². The van der Waals surface area contributed by atoms with Gasteiger partial charge >= 0.3 is 0 Å². The third kappa shape index (κ3) is 5.10. The summed E-state index contributed by atoms with van der Waals surface area (Å²) in [5.74, 6) is 0.879. The molecule has 0 spiro atoms. The van der Waals surface area contributed by atoms with Crippen LogP contribution in [0.4, 0.5) is 0 Å². The van der Waals surface area contributed by atoms with Crippen LogP contribution in [0.2, 0.25) is 0 Å². The Labute approximate surface area is 117 Å². The smallest absolute Gasteiger partial charge is 0.151 e. The van der Waals surface area contributed by atoms with Gasteiger partial charge < -0.3 is 10.6 Å². The van der Waals surface area contributed by atoms with E-state index in [9.17, 15) is 8.42 Å². The zero-order chi connectivity index (χ0) is 14.7. The summed E-state index contributed by atoms with van der Waals surface area (Å²) in [6.45, 7) is 4.89.